The molecule has 1 N–H and O–H groups in total. The lowest BCUT2D eigenvalue weighted by Crippen LogP contribution is -2.31. The fourth-order valence-corrected chi connectivity index (χ4v) is 3.58. The fourth-order valence-electron chi connectivity index (χ4n) is 3.58. The fraction of sp³-hybridized carbons (Fsp3) is 0.429. The molecule has 2 aliphatic heterocycles. The first kappa shape index (κ1) is 16.8. The third kappa shape index (κ3) is 3.65. The highest BCUT2D eigenvalue weighted by molar-refractivity contribution is 5.73. The molecule has 1 aromatic carbocycles. The molecule has 1 saturated carbocycles. The summed E-state index contributed by atoms with van der Waals surface area (Å²) in [7, 11) is 0. The Labute approximate surface area is 152 Å². The zero-order valence-corrected chi connectivity index (χ0v) is 14.5. The zero-order valence-electron chi connectivity index (χ0n) is 14.5. The van der Waals surface area contributed by atoms with Crippen molar-refractivity contribution in [3.63, 3.8) is 0 Å². The SMILES string of the molecule is O=C1NC(C2=CN=CC(C#CCC3CCC3)C2)C(c2cccc(F)c2)O1. The van der Waals surface area contributed by atoms with Gasteiger partial charge in [-0.3, -0.25) is 4.99 Å². The highest BCUT2D eigenvalue weighted by Gasteiger charge is 2.38. The summed E-state index contributed by atoms with van der Waals surface area (Å²) in [4.78, 5) is 16.1. The first-order chi connectivity index (χ1) is 12.7. The third-order valence-corrected chi connectivity index (χ3v) is 5.25. The maximum atomic E-state index is 13.6. The lowest BCUT2D eigenvalue weighted by Gasteiger charge is -2.23. The lowest BCUT2D eigenvalue weighted by molar-refractivity contribution is 0.134. The van der Waals surface area contributed by atoms with E-state index >= 15 is 0 Å². The normalized spacial score (nSPS) is 27.7. The van der Waals surface area contributed by atoms with Crippen LogP contribution in [0.25, 0.3) is 0 Å². The molecule has 0 spiro atoms. The Morgan fingerprint density at radius 1 is 1.35 bits per heavy atom. The second-order valence-electron chi connectivity index (χ2n) is 7.14. The molecule has 0 radical (unpaired) electrons. The van der Waals surface area contributed by atoms with Crippen LogP contribution in [-0.2, 0) is 4.74 Å². The van der Waals surface area contributed by atoms with Crippen LogP contribution >= 0.6 is 0 Å². The van der Waals surface area contributed by atoms with Crippen LogP contribution in [0.4, 0.5) is 9.18 Å². The standard InChI is InChI=1S/C21H21FN2O2/c22-18-9-3-8-16(11-18)20-19(24-21(25)26-20)17-10-15(12-23-13-17)7-2-6-14-4-1-5-14/h3,8-9,11-15,19-20H,1,4-6,10H2,(H,24,25). The number of carbonyl (C=O) groups is 1. The molecule has 1 aliphatic carbocycles. The topological polar surface area (TPSA) is 50.7 Å². The van der Waals surface area contributed by atoms with E-state index in [4.69, 9.17) is 4.74 Å². The molecule has 3 unspecified atom stereocenters. The Balaban J connectivity index is 1.47. The number of halogens is 1. The molecule has 4 rings (SSSR count). The average molecular weight is 352 g/mol. The van der Waals surface area contributed by atoms with Crippen molar-refractivity contribution in [1.29, 1.82) is 0 Å². The van der Waals surface area contributed by atoms with Gasteiger partial charge in [-0.05, 0) is 48.4 Å². The highest BCUT2D eigenvalue weighted by atomic mass is 19.1. The number of amides is 1. The van der Waals surface area contributed by atoms with Gasteiger partial charge < -0.3 is 10.1 Å². The highest BCUT2D eigenvalue weighted by Crippen LogP contribution is 2.34. The van der Waals surface area contributed by atoms with Gasteiger partial charge in [-0.2, -0.15) is 0 Å². The van der Waals surface area contributed by atoms with E-state index in [0.717, 1.165) is 17.9 Å². The summed E-state index contributed by atoms with van der Waals surface area (Å²) >= 11 is 0. The predicted octanol–water partition coefficient (Wildman–Crippen LogP) is 4.14. The number of ether oxygens (including phenoxy) is 1. The second-order valence-corrected chi connectivity index (χ2v) is 7.14. The van der Waals surface area contributed by atoms with Crippen LogP contribution < -0.4 is 5.32 Å². The lowest BCUT2D eigenvalue weighted by atomic mass is 9.83. The molecule has 134 valence electrons. The van der Waals surface area contributed by atoms with Gasteiger partial charge in [0.2, 0.25) is 0 Å². The molecule has 26 heavy (non-hydrogen) atoms. The summed E-state index contributed by atoms with van der Waals surface area (Å²) in [5.41, 5.74) is 1.59. The number of cyclic esters (lactones) is 1. The van der Waals surface area contributed by atoms with Crippen LogP contribution in [0.1, 0.15) is 43.8 Å². The van der Waals surface area contributed by atoms with Gasteiger partial charge in [-0.15, -0.1) is 5.92 Å². The van der Waals surface area contributed by atoms with Crippen molar-refractivity contribution in [2.75, 3.05) is 0 Å². The molecule has 1 saturated heterocycles. The Kier molecular flexibility index (Phi) is 4.75. The number of rotatable bonds is 3. The molecule has 2 heterocycles. The molecular formula is C21H21FN2O2. The molecule has 3 aliphatic rings. The predicted molar refractivity (Wildman–Crippen MR) is 97.0 cm³/mol. The summed E-state index contributed by atoms with van der Waals surface area (Å²) in [5.74, 6) is 7.04. The van der Waals surface area contributed by atoms with Gasteiger partial charge in [0, 0.05) is 18.8 Å². The Morgan fingerprint density at radius 2 is 2.23 bits per heavy atom. The van der Waals surface area contributed by atoms with Gasteiger partial charge in [-0.25, -0.2) is 9.18 Å². The minimum absolute atomic E-state index is 0.0424. The summed E-state index contributed by atoms with van der Waals surface area (Å²) in [5, 5.41) is 2.83. The van der Waals surface area contributed by atoms with Crippen LogP contribution in [0.2, 0.25) is 0 Å². The molecular weight excluding hydrogens is 331 g/mol. The van der Waals surface area contributed by atoms with Crippen LogP contribution in [0, 0.1) is 29.5 Å². The van der Waals surface area contributed by atoms with E-state index in [1.165, 1.54) is 31.4 Å². The second kappa shape index (κ2) is 7.33. The monoisotopic (exact) mass is 352 g/mol. The maximum absolute atomic E-state index is 13.6. The van der Waals surface area contributed by atoms with Crippen LogP contribution in [-0.4, -0.2) is 18.3 Å². The summed E-state index contributed by atoms with van der Waals surface area (Å²) in [6.07, 6.45) is 8.13. The summed E-state index contributed by atoms with van der Waals surface area (Å²) < 4.78 is 19.0. The average Bonchev–Trinajstić information content (AvgIpc) is 2.99. The largest absolute Gasteiger partial charge is 0.439 e. The molecule has 0 bridgehead atoms. The Hall–Kier alpha value is -2.61. The molecule has 3 atom stereocenters. The van der Waals surface area contributed by atoms with E-state index in [2.05, 4.69) is 22.2 Å². The van der Waals surface area contributed by atoms with E-state index in [9.17, 15) is 9.18 Å². The van der Waals surface area contributed by atoms with Crippen molar-refractivity contribution in [1.82, 2.24) is 5.32 Å². The van der Waals surface area contributed by atoms with E-state index in [-0.39, 0.29) is 17.8 Å². The number of alkyl carbamates (subject to hydrolysis) is 1. The van der Waals surface area contributed by atoms with Crippen molar-refractivity contribution in [2.24, 2.45) is 16.8 Å². The first-order valence-corrected chi connectivity index (χ1v) is 9.12. The van der Waals surface area contributed by atoms with Crippen LogP contribution in [0.5, 0.6) is 0 Å². The maximum Gasteiger partial charge on any atom is 0.408 e. The minimum atomic E-state index is -0.554. The quantitative estimate of drug-likeness (QED) is 0.831. The molecule has 4 nitrogen and oxygen atoms in total. The molecule has 0 aromatic heterocycles. The van der Waals surface area contributed by atoms with Crippen LogP contribution in [0.15, 0.2) is 41.0 Å². The van der Waals surface area contributed by atoms with E-state index in [1.807, 2.05) is 6.21 Å². The van der Waals surface area contributed by atoms with Crippen molar-refractivity contribution < 1.29 is 13.9 Å². The number of hydrogen-bond acceptors (Lipinski definition) is 3. The zero-order chi connectivity index (χ0) is 17.9. The minimum Gasteiger partial charge on any atom is -0.439 e. The molecule has 5 heteroatoms. The first-order valence-electron chi connectivity index (χ1n) is 9.12. The van der Waals surface area contributed by atoms with Gasteiger partial charge in [0.05, 0.1) is 12.0 Å². The molecule has 1 amide bonds. The van der Waals surface area contributed by atoms with Gasteiger partial charge in [0.1, 0.15) is 5.82 Å². The smallest absolute Gasteiger partial charge is 0.408 e. The molecule has 2 fully saturated rings. The summed E-state index contributed by atoms with van der Waals surface area (Å²) in [6.45, 7) is 0. The van der Waals surface area contributed by atoms with Gasteiger partial charge >= 0.3 is 6.09 Å². The van der Waals surface area contributed by atoms with Crippen molar-refractivity contribution in [3.8, 4) is 11.8 Å². The van der Waals surface area contributed by atoms with E-state index in [1.54, 1.807) is 18.3 Å². The van der Waals surface area contributed by atoms with Crippen molar-refractivity contribution in [2.45, 2.75) is 44.2 Å². The van der Waals surface area contributed by atoms with Crippen molar-refractivity contribution >= 4 is 12.3 Å². The number of hydrogen-bond donors (Lipinski definition) is 1. The van der Waals surface area contributed by atoms with Gasteiger partial charge in [0.15, 0.2) is 6.10 Å². The number of nitrogens with one attached hydrogen (secondary N) is 1. The molecule has 1 aromatic rings. The summed E-state index contributed by atoms with van der Waals surface area (Å²) in [6, 6.07) is 5.82. The number of benzene rings is 1. The Bertz CT molecular complexity index is 817. The third-order valence-electron chi connectivity index (χ3n) is 5.25. The Morgan fingerprint density at radius 3 is 3.00 bits per heavy atom. The number of carbonyl (C=O) groups excluding carboxylic acids is 1. The van der Waals surface area contributed by atoms with Gasteiger partial charge in [0.25, 0.3) is 0 Å². The van der Waals surface area contributed by atoms with Crippen LogP contribution in [0.3, 0.4) is 0 Å². The number of nitrogens with zero attached hydrogens (tertiary/aromatic N) is 1. The van der Waals surface area contributed by atoms with Gasteiger partial charge in [-0.1, -0.05) is 24.5 Å². The van der Waals surface area contributed by atoms with E-state index < -0.39 is 12.2 Å². The van der Waals surface area contributed by atoms with E-state index in [0.29, 0.717) is 12.0 Å². The van der Waals surface area contributed by atoms with Crippen molar-refractivity contribution in [3.05, 3.63) is 47.4 Å². The number of aliphatic imine (C=N–C) groups is 1.